The molecular formula is C15H15NO2S. The molecule has 0 fully saturated rings. The molecule has 0 aliphatic rings. The van der Waals surface area contributed by atoms with Crippen LogP contribution in [0.2, 0.25) is 0 Å². The van der Waals surface area contributed by atoms with Gasteiger partial charge in [0.15, 0.2) is 0 Å². The molecule has 0 bridgehead atoms. The highest BCUT2D eigenvalue weighted by Gasteiger charge is 2.06. The summed E-state index contributed by atoms with van der Waals surface area (Å²) in [4.78, 5) is 10.7. The number of primary amides is 1. The van der Waals surface area contributed by atoms with Crippen LogP contribution in [-0.2, 0) is 21.3 Å². The van der Waals surface area contributed by atoms with Crippen LogP contribution in [0.3, 0.4) is 0 Å². The summed E-state index contributed by atoms with van der Waals surface area (Å²) in [5.74, 6) is -0.267. The standard InChI is InChI=1S/C15H15NO2S/c16-15(17)11-19(18)10-12-5-4-8-14(9-12)13-6-2-1-3-7-13/h1-9H,10-11H2,(H2,16,17)/t19-/m0/s1. The van der Waals surface area contributed by atoms with Gasteiger partial charge in [-0.05, 0) is 16.7 Å². The Labute approximate surface area is 114 Å². The van der Waals surface area contributed by atoms with Crippen LogP contribution in [-0.4, -0.2) is 15.9 Å². The van der Waals surface area contributed by atoms with E-state index in [0.29, 0.717) is 5.75 Å². The molecule has 1 atom stereocenters. The van der Waals surface area contributed by atoms with Gasteiger partial charge in [0, 0.05) is 16.6 Å². The van der Waals surface area contributed by atoms with Gasteiger partial charge in [-0.2, -0.15) is 0 Å². The fourth-order valence-corrected chi connectivity index (χ4v) is 2.84. The lowest BCUT2D eigenvalue weighted by Crippen LogP contribution is -2.20. The van der Waals surface area contributed by atoms with Crippen molar-refractivity contribution >= 4 is 16.7 Å². The molecule has 2 rings (SSSR count). The maximum atomic E-state index is 11.7. The number of carbonyl (C=O) groups excluding carboxylic acids is 1. The first-order valence-electron chi connectivity index (χ1n) is 5.93. The molecule has 2 aromatic rings. The van der Waals surface area contributed by atoms with Crippen LogP contribution < -0.4 is 5.73 Å². The second-order valence-electron chi connectivity index (χ2n) is 4.26. The van der Waals surface area contributed by atoms with Crippen LogP contribution >= 0.6 is 0 Å². The first kappa shape index (κ1) is 13.5. The van der Waals surface area contributed by atoms with Crippen LogP contribution in [0, 0.1) is 0 Å². The van der Waals surface area contributed by atoms with Gasteiger partial charge in [-0.15, -0.1) is 0 Å². The molecule has 4 heteroatoms. The predicted molar refractivity (Wildman–Crippen MR) is 77.8 cm³/mol. The van der Waals surface area contributed by atoms with Crippen molar-refractivity contribution in [3.63, 3.8) is 0 Å². The highest BCUT2D eigenvalue weighted by Crippen LogP contribution is 2.20. The van der Waals surface area contributed by atoms with Gasteiger partial charge in [-0.25, -0.2) is 0 Å². The highest BCUT2D eigenvalue weighted by atomic mass is 32.2. The van der Waals surface area contributed by atoms with E-state index in [0.717, 1.165) is 16.7 Å². The van der Waals surface area contributed by atoms with E-state index in [1.165, 1.54) is 0 Å². The first-order chi connectivity index (χ1) is 9.15. The molecule has 1 amide bonds. The predicted octanol–water partition coefficient (Wildman–Crippen LogP) is 2.09. The highest BCUT2D eigenvalue weighted by molar-refractivity contribution is 7.84. The van der Waals surface area contributed by atoms with E-state index < -0.39 is 16.7 Å². The van der Waals surface area contributed by atoms with Gasteiger partial charge in [-0.1, -0.05) is 54.6 Å². The first-order valence-corrected chi connectivity index (χ1v) is 7.41. The quantitative estimate of drug-likeness (QED) is 0.906. The van der Waals surface area contributed by atoms with Crippen molar-refractivity contribution in [2.45, 2.75) is 5.75 Å². The van der Waals surface area contributed by atoms with Gasteiger partial charge in [0.1, 0.15) is 5.75 Å². The Morgan fingerprint density at radius 3 is 2.37 bits per heavy atom. The van der Waals surface area contributed by atoms with Crippen LogP contribution in [0.15, 0.2) is 54.6 Å². The van der Waals surface area contributed by atoms with Crippen molar-refractivity contribution in [2.75, 3.05) is 5.75 Å². The Hall–Kier alpha value is -1.94. The zero-order valence-electron chi connectivity index (χ0n) is 10.4. The minimum Gasteiger partial charge on any atom is -0.369 e. The molecule has 0 spiro atoms. The molecular weight excluding hydrogens is 258 g/mol. The van der Waals surface area contributed by atoms with E-state index in [2.05, 4.69) is 0 Å². The molecule has 0 radical (unpaired) electrons. The van der Waals surface area contributed by atoms with Gasteiger partial charge in [0.05, 0.1) is 0 Å². The minimum atomic E-state index is -1.24. The summed E-state index contributed by atoms with van der Waals surface area (Å²) in [6, 6.07) is 17.8. The molecule has 2 aromatic carbocycles. The van der Waals surface area contributed by atoms with E-state index >= 15 is 0 Å². The van der Waals surface area contributed by atoms with Crippen molar-refractivity contribution in [1.29, 1.82) is 0 Å². The van der Waals surface area contributed by atoms with Crippen molar-refractivity contribution < 1.29 is 9.00 Å². The Morgan fingerprint density at radius 2 is 1.68 bits per heavy atom. The van der Waals surface area contributed by atoms with Crippen molar-refractivity contribution in [2.24, 2.45) is 5.73 Å². The molecule has 98 valence electrons. The number of hydrogen-bond acceptors (Lipinski definition) is 2. The second-order valence-corrected chi connectivity index (χ2v) is 5.72. The summed E-state index contributed by atoms with van der Waals surface area (Å²) in [5.41, 5.74) is 8.18. The minimum absolute atomic E-state index is 0.0877. The largest absolute Gasteiger partial charge is 0.369 e. The van der Waals surface area contributed by atoms with E-state index in [1.54, 1.807) is 0 Å². The molecule has 3 nitrogen and oxygen atoms in total. The van der Waals surface area contributed by atoms with Gasteiger partial charge >= 0.3 is 0 Å². The molecule has 2 N–H and O–H groups in total. The lowest BCUT2D eigenvalue weighted by atomic mass is 10.0. The SMILES string of the molecule is NC(=O)C[S@@](=O)Cc1cccc(-c2ccccc2)c1. The summed E-state index contributed by atoms with van der Waals surface area (Å²) in [5, 5.41) is 0. The summed E-state index contributed by atoms with van der Waals surface area (Å²) in [7, 11) is -1.24. The fourth-order valence-electron chi connectivity index (χ4n) is 1.87. The fraction of sp³-hybridized carbons (Fsp3) is 0.133. The van der Waals surface area contributed by atoms with E-state index in [4.69, 9.17) is 5.73 Å². The van der Waals surface area contributed by atoms with Gasteiger partial charge in [0.2, 0.25) is 5.91 Å². The summed E-state index contributed by atoms with van der Waals surface area (Å²) < 4.78 is 11.7. The lowest BCUT2D eigenvalue weighted by molar-refractivity contribution is -0.115. The van der Waals surface area contributed by atoms with Crippen LogP contribution in [0.5, 0.6) is 0 Å². The number of carbonyl (C=O) groups is 1. The normalized spacial score (nSPS) is 12.0. The molecule has 19 heavy (non-hydrogen) atoms. The van der Waals surface area contributed by atoms with Gasteiger partial charge < -0.3 is 5.73 Å². The zero-order chi connectivity index (χ0) is 13.7. The number of hydrogen-bond donors (Lipinski definition) is 1. The second kappa shape index (κ2) is 6.29. The Balaban J connectivity index is 2.16. The Bertz CT molecular complexity index is 596. The number of amides is 1. The average Bonchev–Trinajstić information content (AvgIpc) is 2.39. The van der Waals surface area contributed by atoms with Crippen molar-refractivity contribution in [3.8, 4) is 11.1 Å². The molecule has 0 heterocycles. The van der Waals surface area contributed by atoms with Crippen LogP contribution in [0.25, 0.3) is 11.1 Å². The molecule has 0 unspecified atom stereocenters. The molecule has 0 aliphatic carbocycles. The average molecular weight is 273 g/mol. The summed E-state index contributed by atoms with van der Waals surface area (Å²) in [6.45, 7) is 0. The summed E-state index contributed by atoms with van der Waals surface area (Å²) >= 11 is 0. The van der Waals surface area contributed by atoms with E-state index in [9.17, 15) is 9.00 Å². The number of rotatable bonds is 5. The third kappa shape index (κ3) is 4.03. The zero-order valence-corrected chi connectivity index (χ0v) is 11.2. The third-order valence-electron chi connectivity index (χ3n) is 2.67. The van der Waals surface area contributed by atoms with Gasteiger partial charge in [-0.3, -0.25) is 9.00 Å². The van der Waals surface area contributed by atoms with E-state index in [1.807, 2.05) is 54.6 Å². The van der Waals surface area contributed by atoms with E-state index in [-0.39, 0.29) is 5.75 Å². The Morgan fingerprint density at radius 1 is 1.00 bits per heavy atom. The smallest absolute Gasteiger partial charge is 0.230 e. The molecule has 0 saturated carbocycles. The maximum absolute atomic E-state index is 11.7. The molecule has 0 saturated heterocycles. The number of nitrogens with two attached hydrogens (primary N) is 1. The van der Waals surface area contributed by atoms with Gasteiger partial charge in [0.25, 0.3) is 0 Å². The number of benzene rings is 2. The monoisotopic (exact) mass is 273 g/mol. The van der Waals surface area contributed by atoms with Crippen LogP contribution in [0.4, 0.5) is 0 Å². The molecule has 0 aliphatic heterocycles. The van der Waals surface area contributed by atoms with Crippen LogP contribution in [0.1, 0.15) is 5.56 Å². The third-order valence-corrected chi connectivity index (χ3v) is 3.93. The maximum Gasteiger partial charge on any atom is 0.230 e. The topological polar surface area (TPSA) is 60.2 Å². The van der Waals surface area contributed by atoms with Crippen molar-refractivity contribution in [3.05, 3.63) is 60.2 Å². The lowest BCUT2D eigenvalue weighted by Gasteiger charge is -2.05. The summed E-state index contributed by atoms with van der Waals surface area (Å²) in [6.07, 6.45) is 0. The Kier molecular flexibility index (Phi) is 4.47. The van der Waals surface area contributed by atoms with Crippen molar-refractivity contribution in [1.82, 2.24) is 0 Å². The molecule has 0 aromatic heterocycles.